The Labute approximate surface area is 128 Å². The van der Waals surface area contributed by atoms with E-state index in [0.717, 1.165) is 23.9 Å². The van der Waals surface area contributed by atoms with Crippen LogP contribution >= 0.6 is 15.9 Å². The standard InChI is InChI=1S/C15H21BrN2O2/c1-20-9-7-17-11-15(19)18-8-3-6-14(18)12-4-2-5-13(16)10-12/h2,4-5,10,14,17H,3,6-9,11H2,1H3. The molecule has 110 valence electrons. The minimum absolute atomic E-state index is 0.170. The molecule has 1 saturated heterocycles. The summed E-state index contributed by atoms with van der Waals surface area (Å²) in [7, 11) is 1.66. The van der Waals surface area contributed by atoms with E-state index in [9.17, 15) is 4.79 Å². The number of benzene rings is 1. The van der Waals surface area contributed by atoms with Crippen LogP contribution in [0, 0.1) is 0 Å². The Bertz CT molecular complexity index is 453. The van der Waals surface area contributed by atoms with Crippen LogP contribution in [0.3, 0.4) is 0 Å². The third kappa shape index (κ3) is 4.04. The van der Waals surface area contributed by atoms with Gasteiger partial charge in [0.15, 0.2) is 0 Å². The van der Waals surface area contributed by atoms with Crippen LogP contribution in [0.4, 0.5) is 0 Å². The van der Waals surface area contributed by atoms with Crippen molar-refractivity contribution in [2.75, 3.05) is 33.4 Å². The molecule has 1 amide bonds. The number of methoxy groups -OCH3 is 1. The average molecular weight is 341 g/mol. The van der Waals surface area contributed by atoms with E-state index in [1.165, 1.54) is 5.56 Å². The fourth-order valence-corrected chi connectivity index (χ4v) is 3.01. The molecule has 0 radical (unpaired) electrons. The zero-order valence-electron chi connectivity index (χ0n) is 11.8. The smallest absolute Gasteiger partial charge is 0.237 e. The van der Waals surface area contributed by atoms with Gasteiger partial charge in [-0.15, -0.1) is 0 Å². The van der Waals surface area contributed by atoms with Crippen molar-refractivity contribution in [3.63, 3.8) is 0 Å². The molecule has 1 N–H and O–H groups in total. The van der Waals surface area contributed by atoms with Gasteiger partial charge in [0.25, 0.3) is 0 Å². The van der Waals surface area contributed by atoms with Gasteiger partial charge in [0.2, 0.25) is 5.91 Å². The van der Waals surface area contributed by atoms with E-state index in [2.05, 4.69) is 33.4 Å². The summed E-state index contributed by atoms with van der Waals surface area (Å²) in [5, 5.41) is 3.12. The van der Waals surface area contributed by atoms with Crippen molar-refractivity contribution in [3.05, 3.63) is 34.3 Å². The lowest BCUT2D eigenvalue weighted by molar-refractivity contribution is -0.131. The van der Waals surface area contributed by atoms with Gasteiger partial charge in [0.05, 0.1) is 19.2 Å². The molecule has 1 aromatic carbocycles. The molecule has 0 spiro atoms. The molecule has 0 aromatic heterocycles. The molecular weight excluding hydrogens is 320 g/mol. The number of hydrogen-bond donors (Lipinski definition) is 1. The molecular formula is C15H21BrN2O2. The van der Waals surface area contributed by atoms with Crippen LogP contribution < -0.4 is 5.32 Å². The zero-order chi connectivity index (χ0) is 14.4. The number of hydrogen-bond acceptors (Lipinski definition) is 3. The van der Waals surface area contributed by atoms with E-state index in [0.29, 0.717) is 19.7 Å². The van der Waals surface area contributed by atoms with Crippen LogP contribution in [-0.4, -0.2) is 44.2 Å². The van der Waals surface area contributed by atoms with Crippen molar-refractivity contribution < 1.29 is 9.53 Å². The Morgan fingerprint density at radius 2 is 2.40 bits per heavy atom. The molecule has 1 fully saturated rings. The molecule has 4 nitrogen and oxygen atoms in total. The minimum Gasteiger partial charge on any atom is -0.383 e. The van der Waals surface area contributed by atoms with Crippen molar-refractivity contribution in [1.82, 2.24) is 10.2 Å². The largest absolute Gasteiger partial charge is 0.383 e. The van der Waals surface area contributed by atoms with E-state index in [-0.39, 0.29) is 11.9 Å². The number of carbonyl (C=O) groups excluding carboxylic acids is 1. The van der Waals surface area contributed by atoms with Crippen molar-refractivity contribution >= 4 is 21.8 Å². The molecule has 2 rings (SSSR count). The molecule has 1 aliphatic rings. The van der Waals surface area contributed by atoms with E-state index < -0.39 is 0 Å². The van der Waals surface area contributed by atoms with Crippen LogP contribution in [0.15, 0.2) is 28.7 Å². The molecule has 1 unspecified atom stereocenters. The summed E-state index contributed by atoms with van der Waals surface area (Å²) in [6.07, 6.45) is 2.11. The average Bonchev–Trinajstić information content (AvgIpc) is 2.93. The summed E-state index contributed by atoms with van der Waals surface area (Å²) in [6, 6.07) is 8.45. The number of carbonyl (C=O) groups is 1. The SMILES string of the molecule is COCCNCC(=O)N1CCCC1c1cccc(Br)c1. The van der Waals surface area contributed by atoms with Crippen molar-refractivity contribution in [3.8, 4) is 0 Å². The number of halogens is 1. The molecule has 0 aliphatic carbocycles. The van der Waals surface area contributed by atoms with E-state index in [4.69, 9.17) is 4.74 Å². The van der Waals surface area contributed by atoms with Gasteiger partial charge in [-0.1, -0.05) is 28.1 Å². The van der Waals surface area contributed by atoms with Crippen LogP contribution in [0.2, 0.25) is 0 Å². The maximum absolute atomic E-state index is 12.3. The van der Waals surface area contributed by atoms with Gasteiger partial charge in [0, 0.05) is 24.7 Å². The van der Waals surface area contributed by atoms with Crippen molar-refractivity contribution in [2.24, 2.45) is 0 Å². The third-order valence-electron chi connectivity index (χ3n) is 3.57. The number of ether oxygens (including phenoxy) is 1. The highest BCUT2D eigenvalue weighted by atomic mass is 79.9. The van der Waals surface area contributed by atoms with Crippen LogP contribution in [0.1, 0.15) is 24.4 Å². The van der Waals surface area contributed by atoms with Gasteiger partial charge in [0.1, 0.15) is 0 Å². The second-order valence-electron chi connectivity index (χ2n) is 4.97. The molecule has 1 aromatic rings. The van der Waals surface area contributed by atoms with Crippen molar-refractivity contribution in [1.29, 1.82) is 0 Å². The number of likely N-dealkylation sites (tertiary alicyclic amines) is 1. The Kier molecular flexibility index (Phi) is 6.01. The first-order valence-electron chi connectivity index (χ1n) is 6.97. The first kappa shape index (κ1) is 15.5. The summed E-state index contributed by atoms with van der Waals surface area (Å²) >= 11 is 3.50. The maximum atomic E-state index is 12.3. The minimum atomic E-state index is 0.170. The molecule has 1 atom stereocenters. The lowest BCUT2D eigenvalue weighted by atomic mass is 10.0. The second kappa shape index (κ2) is 7.76. The summed E-state index contributed by atoms with van der Waals surface area (Å²) in [6.45, 7) is 2.57. The summed E-state index contributed by atoms with van der Waals surface area (Å²) in [5.74, 6) is 0.170. The molecule has 5 heteroatoms. The summed E-state index contributed by atoms with van der Waals surface area (Å²) < 4.78 is 6.02. The van der Waals surface area contributed by atoms with E-state index in [1.54, 1.807) is 7.11 Å². The van der Waals surface area contributed by atoms with Gasteiger partial charge in [-0.25, -0.2) is 0 Å². The lowest BCUT2D eigenvalue weighted by Gasteiger charge is -2.25. The fourth-order valence-electron chi connectivity index (χ4n) is 2.60. The van der Waals surface area contributed by atoms with Gasteiger partial charge >= 0.3 is 0 Å². The van der Waals surface area contributed by atoms with Crippen LogP contribution in [-0.2, 0) is 9.53 Å². The topological polar surface area (TPSA) is 41.6 Å². The number of nitrogens with one attached hydrogen (secondary N) is 1. The molecule has 1 aliphatic heterocycles. The van der Waals surface area contributed by atoms with Crippen LogP contribution in [0.25, 0.3) is 0 Å². The molecule has 1 heterocycles. The molecule has 0 bridgehead atoms. The highest BCUT2D eigenvalue weighted by Crippen LogP contribution is 2.32. The predicted octanol–water partition coefficient (Wildman–Crippen LogP) is 2.35. The quantitative estimate of drug-likeness (QED) is 0.808. The third-order valence-corrected chi connectivity index (χ3v) is 4.06. The van der Waals surface area contributed by atoms with Gasteiger partial charge in [-0.05, 0) is 30.5 Å². The van der Waals surface area contributed by atoms with Crippen LogP contribution in [0.5, 0.6) is 0 Å². The first-order chi connectivity index (χ1) is 9.72. The van der Waals surface area contributed by atoms with E-state index >= 15 is 0 Å². The first-order valence-corrected chi connectivity index (χ1v) is 7.76. The predicted molar refractivity (Wildman–Crippen MR) is 82.6 cm³/mol. The van der Waals surface area contributed by atoms with Crippen molar-refractivity contribution in [2.45, 2.75) is 18.9 Å². The molecule has 0 saturated carbocycles. The number of nitrogens with zero attached hydrogens (tertiary/aromatic N) is 1. The summed E-state index contributed by atoms with van der Waals surface area (Å²) in [4.78, 5) is 14.3. The van der Waals surface area contributed by atoms with Gasteiger partial charge in [-0.2, -0.15) is 0 Å². The second-order valence-corrected chi connectivity index (χ2v) is 5.89. The van der Waals surface area contributed by atoms with Gasteiger partial charge in [-0.3, -0.25) is 4.79 Å². The van der Waals surface area contributed by atoms with E-state index in [1.807, 2.05) is 17.0 Å². The molecule has 20 heavy (non-hydrogen) atoms. The Balaban J connectivity index is 1.95. The Morgan fingerprint density at radius 3 is 3.15 bits per heavy atom. The fraction of sp³-hybridized carbons (Fsp3) is 0.533. The highest BCUT2D eigenvalue weighted by Gasteiger charge is 2.29. The normalized spacial score (nSPS) is 18.5. The number of amides is 1. The Morgan fingerprint density at radius 1 is 1.55 bits per heavy atom. The summed E-state index contributed by atoms with van der Waals surface area (Å²) in [5.41, 5.74) is 1.21. The van der Waals surface area contributed by atoms with Gasteiger partial charge < -0.3 is 15.0 Å². The number of rotatable bonds is 6. The maximum Gasteiger partial charge on any atom is 0.237 e. The lowest BCUT2D eigenvalue weighted by Crippen LogP contribution is -2.38. The Hall–Kier alpha value is -0.910. The monoisotopic (exact) mass is 340 g/mol. The highest BCUT2D eigenvalue weighted by molar-refractivity contribution is 9.10. The zero-order valence-corrected chi connectivity index (χ0v) is 13.4.